The molecular weight excluding hydrogens is 332 g/mol. The van der Waals surface area contributed by atoms with Crippen molar-refractivity contribution in [3.63, 3.8) is 0 Å². The number of piperazine rings is 1. The monoisotopic (exact) mass is 346 g/mol. The van der Waals surface area contributed by atoms with E-state index >= 15 is 0 Å². The van der Waals surface area contributed by atoms with Crippen molar-refractivity contribution in [1.82, 2.24) is 9.88 Å². The highest BCUT2D eigenvalue weighted by molar-refractivity contribution is 6.33. The minimum Gasteiger partial charge on any atom is -0.365 e. The summed E-state index contributed by atoms with van der Waals surface area (Å²) in [7, 11) is 0. The van der Waals surface area contributed by atoms with Crippen LogP contribution in [0.2, 0.25) is 5.02 Å². The lowest BCUT2D eigenvalue weighted by Crippen LogP contribution is -2.48. The number of hydrogen-bond donors (Lipinski definition) is 0. The Hall–Kier alpha value is -2.67. The summed E-state index contributed by atoms with van der Waals surface area (Å²) in [6.07, 6.45) is 1.49. The van der Waals surface area contributed by atoms with Crippen LogP contribution in [-0.2, 0) is 0 Å². The molecule has 7 nitrogen and oxygen atoms in total. The number of carbonyl (C=O) groups excluding carboxylic acids is 1. The third kappa shape index (κ3) is 3.30. The van der Waals surface area contributed by atoms with Crippen LogP contribution in [0.25, 0.3) is 0 Å². The van der Waals surface area contributed by atoms with Gasteiger partial charge in [-0.3, -0.25) is 4.79 Å². The molecule has 0 aliphatic carbocycles. The van der Waals surface area contributed by atoms with Gasteiger partial charge < -0.3 is 19.9 Å². The van der Waals surface area contributed by atoms with Gasteiger partial charge in [-0.1, -0.05) is 23.7 Å². The van der Waals surface area contributed by atoms with Gasteiger partial charge in [-0.2, -0.15) is 0 Å². The molecule has 3 rings (SSSR count). The first kappa shape index (κ1) is 16.2. The number of aromatic nitrogens is 1. The Labute approximate surface area is 143 Å². The Kier molecular flexibility index (Phi) is 4.61. The average Bonchev–Trinajstić information content (AvgIpc) is 2.62. The topological polar surface area (TPSA) is 79.6 Å². The fourth-order valence-corrected chi connectivity index (χ4v) is 2.86. The van der Waals surface area contributed by atoms with Crippen molar-refractivity contribution >= 4 is 29.0 Å². The molecule has 8 heteroatoms. The highest BCUT2D eigenvalue weighted by Gasteiger charge is 2.24. The summed E-state index contributed by atoms with van der Waals surface area (Å²) in [6, 6.07) is 10.1. The molecule has 0 bridgehead atoms. The molecule has 0 spiro atoms. The molecule has 0 saturated carbocycles. The molecule has 0 unspecified atom stereocenters. The van der Waals surface area contributed by atoms with Crippen molar-refractivity contribution in [2.75, 3.05) is 31.1 Å². The second-order valence-electron chi connectivity index (χ2n) is 5.39. The van der Waals surface area contributed by atoms with Crippen LogP contribution >= 0.6 is 11.6 Å². The first-order valence-corrected chi connectivity index (χ1v) is 7.83. The van der Waals surface area contributed by atoms with Crippen molar-refractivity contribution in [3.8, 4) is 0 Å². The Morgan fingerprint density at radius 2 is 1.83 bits per heavy atom. The Morgan fingerprint density at radius 3 is 2.42 bits per heavy atom. The summed E-state index contributed by atoms with van der Waals surface area (Å²) in [5.41, 5.74) is 1.31. The van der Waals surface area contributed by atoms with E-state index in [1.807, 2.05) is 4.90 Å². The Balaban J connectivity index is 1.64. The predicted octanol–water partition coefficient (Wildman–Crippen LogP) is 2.61. The smallest absolute Gasteiger partial charge is 0.363 e. The number of pyridine rings is 1. The molecule has 2 aromatic rings. The van der Waals surface area contributed by atoms with Gasteiger partial charge in [0.05, 0.1) is 16.3 Å². The normalized spacial score (nSPS) is 14.5. The number of halogens is 1. The second-order valence-corrected chi connectivity index (χ2v) is 5.80. The van der Waals surface area contributed by atoms with Crippen LogP contribution in [0.4, 0.5) is 11.5 Å². The van der Waals surface area contributed by atoms with E-state index in [1.165, 1.54) is 12.3 Å². The van der Waals surface area contributed by atoms with Crippen LogP contribution in [0.1, 0.15) is 10.4 Å². The number of carbonyl (C=O) groups is 1. The van der Waals surface area contributed by atoms with Crippen molar-refractivity contribution in [2.45, 2.75) is 0 Å². The molecule has 0 N–H and O–H groups in total. The fraction of sp³-hybridized carbons (Fsp3) is 0.250. The summed E-state index contributed by atoms with van der Waals surface area (Å²) < 4.78 is 0. The molecule has 1 aromatic carbocycles. The summed E-state index contributed by atoms with van der Waals surface area (Å²) in [5.74, 6) is -0.256. The maximum atomic E-state index is 12.5. The molecule has 1 saturated heterocycles. The maximum absolute atomic E-state index is 12.5. The van der Waals surface area contributed by atoms with Gasteiger partial charge in [-0.15, -0.1) is 0 Å². The molecule has 1 aromatic heterocycles. The van der Waals surface area contributed by atoms with Gasteiger partial charge in [0.15, 0.2) is 6.20 Å². The quantitative estimate of drug-likeness (QED) is 0.630. The maximum Gasteiger partial charge on any atom is 0.363 e. The molecule has 1 fully saturated rings. The Bertz CT molecular complexity index is 758. The first-order chi connectivity index (χ1) is 11.6. The van der Waals surface area contributed by atoms with Crippen LogP contribution in [0, 0.1) is 10.1 Å². The van der Waals surface area contributed by atoms with Crippen LogP contribution in [0.3, 0.4) is 0 Å². The standard InChI is InChI=1S/C16H15ClN4O3/c17-14-4-2-1-3-13(14)16(22)20-9-7-19(8-10-20)12-5-6-15(18-11-12)21(23)24/h1-6,11H,7-10H2. The molecule has 1 amide bonds. The van der Waals surface area contributed by atoms with Crippen molar-refractivity contribution < 1.29 is 9.72 Å². The van der Waals surface area contributed by atoms with Gasteiger partial charge in [-0.25, -0.2) is 0 Å². The number of nitro groups is 1. The summed E-state index contributed by atoms with van der Waals surface area (Å²) >= 11 is 6.08. The van der Waals surface area contributed by atoms with E-state index in [1.54, 1.807) is 35.2 Å². The van der Waals surface area contributed by atoms with E-state index in [-0.39, 0.29) is 11.7 Å². The SMILES string of the molecule is O=C(c1ccccc1Cl)N1CCN(c2ccc([N+](=O)[O-])nc2)CC1. The summed E-state index contributed by atoms with van der Waals surface area (Å²) in [4.78, 5) is 30.3. The molecular formula is C16H15ClN4O3. The number of hydrogen-bond acceptors (Lipinski definition) is 5. The lowest BCUT2D eigenvalue weighted by atomic mass is 10.1. The van der Waals surface area contributed by atoms with E-state index in [2.05, 4.69) is 4.98 Å². The second kappa shape index (κ2) is 6.84. The zero-order valence-electron chi connectivity index (χ0n) is 12.8. The molecule has 24 heavy (non-hydrogen) atoms. The summed E-state index contributed by atoms with van der Waals surface area (Å²) in [5, 5.41) is 11.1. The predicted molar refractivity (Wildman–Crippen MR) is 90.5 cm³/mol. The lowest BCUT2D eigenvalue weighted by molar-refractivity contribution is -0.389. The third-order valence-corrected chi connectivity index (χ3v) is 4.29. The minimum absolute atomic E-state index is 0.0814. The molecule has 0 atom stereocenters. The molecule has 1 aliphatic rings. The molecule has 124 valence electrons. The number of amides is 1. The fourth-order valence-electron chi connectivity index (χ4n) is 2.65. The highest BCUT2D eigenvalue weighted by atomic mass is 35.5. The number of benzene rings is 1. The van der Waals surface area contributed by atoms with Crippen LogP contribution in [0.15, 0.2) is 42.6 Å². The van der Waals surface area contributed by atoms with Crippen LogP contribution in [-0.4, -0.2) is 46.9 Å². The molecule has 2 heterocycles. The van der Waals surface area contributed by atoms with Gasteiger partial charge in [0.1, 0.15) is 0 Å². The van der Waals surface area contributed by atoms with Gasteiger partial charge in [0.2, 0.25) is 0 Å². The van der Waals surface area contributed by atoms with Gasteiger partial charge in [0, 0.05) is 32.2 Å². The van der Waals surface area contributed by atoms with Crippen molar-refractivity contribution in [1.29, 1.82) is 0 Å². The molecule has 0 radical (unpaired) electrons. The lowest BCUT2D eigenvalue weighted by Gasteiger charge is -2.35. The summed E-state index contributed by atoms with van der Waals surface area (Å²) in [6.45, 7) is 2.38. The number of rotatable bonds is 3. The number of anilines is 1. The van der Waals surface area contributed by atoms with Crippen LogP contribution in [0.5, 0.6) is 0 Å². The first-order valence-electron chi connectivity index (χ1n) is 7.45. The zero-order valence-corrected chi connectivity index (χ0v) is 13.5. The van der Waals surface area contributed by atoms with E-state index in [0.29, 0.717) is 36.8 Å². The van der Waals surface area contributed by atoms with Crippen molar-refractivity contribution in [3.05, 3.63) is 63.3 Å². The van der Waals surface area contributed by atoms with Crippen molar-refractivity contribution in [2.24, 2.45) is 0 Å². The van der Waals surface area contributed by atoms with E-state index in [9.17, 15) is 14.9 Å². The number of nitrogens with zero attached hydrogens (tertiary/aromatic N) is 4. The van der Waals surface area contributed by atoms with E-state index in [0.717, 1.165) is 5.69 Å². The van der Waals surface area contributed by atoms with E-state index in [4.69, 9.17) is 11.6 Å². The largest absolute Gasteiger partial charge is 0.365 e. The molecule has 1 aliphatic heterocycles. The van der Waals surface area contributed by atoms with Crippen LogP contribution < -0.4 is 4.90 Å². The Morgan fingerprint density at radius 1 is 1.12 bits per heavy atom. The van der Waals surface area contributed by atoms with Gasteiger partial charge in [-0.05, 0) is 28.1 Å². The average molecular weight is 347 g/mol. The third-order valence-electron chi connectivity index (χ3n) is 3.96. The zero-order chi connectivity index (χ0) is 17.1. The van der Waals surface area contributed by atoms with Gasteiger partial charge in [0.25, 0.3) is 5.91 Å². The highest BCUT2D eigenvalue weighted by Crippen LogP contribution is 2.21. The minimum atomic E-state index is -0.524. The van der Waals surface area contributed by atoms with Gasteiger partial charge >= 0.3 is 5.82 Å². The van der Waals surface area contributed by atoms with E-state index < -0.39 is 4.92 Å².